The van der Waals surface area contributed by atoms with E-state index in [1.807, 2.05) is 49.4 Å². The molecular weight excluding hydrogens is 370 g/mol. The third kappa shape index (κ3) is 5.13. The maximum atomic E-state index is 12.5. The molecule has 0 radical (unpaired) electrons. The Morgan fingerprint density at radius 3 is 2.62 bits per heavy atom. The van der Waals surface area contributed by atoms with Gasteiger partial charge in [-0.2, -0.15) is 0 Å². The van der Waals surface area contributed by atoms with Gasteiger partial charge in [-0.15, -0.1) is 0 Å². The second-order valence-corrected chi connectivity index (χ2v) is 6.98. The van der Waals surface area contributed by atoms with Crippen molar-refractivity contribution in [1.82, 2.24) is 9.80 Å². The van der Waals surface area contributed by atoms with Gasteiger partial charge in [-0.3, -0.25) is 9.59 Å². The third-order valence-electron chi connectivity index (χ3n) is 5.08. The van der Waals surface area contributed by atoms with Crippen LogP contribution >= 0.6 is 0 Å². The quantitative estimate of drug-likeness (QED) is 0.780. The van der Waals surface area contributed by atoms with Crippen molar-refractivity contribution in [2.75, 3.05) is 32.1 Å². The lowest BCUT2D eigenvalue weighted by Crippen LogP contribution is -2.34. The van der Waals surface area contributed by atoms with Gasteiger partial charge < -0.3 is 19.9 Å². The van der Waals surface area contributed by atoms with Gasteiger partial charge in [0.25, 0.3) is 5.91 Å². The highest BCUT2D eigenvalue weighted by Gasteiger charge is 2.24. The minimum atomic E-state index is -0.365. The molecule has 0 aliphatic carbocycles. The van der Waals surface area contributed by atoms with Gasteiger partial charge in [0.05, 0.1) is 12.6 Å². The molecule has 2 aromatic rings. The predicted octanol–water partition coefficient (Wildman–Crippen LogP) is 3.30. The minimum absolute atomic E-state index is 0.0593. The van der Waals surface area contributed by atoms with Crippen molar-refractivity contribution in [3.8, 4) is 0 Å². The summed E-state index contributed by atoms with van der Waals surface area (Å²) in [6.07, 6.45) is -0.129. The van der Waals surface area contributed by atoms with E-state index in [0.717, 1.165) is 5.56 Å². The number of nitrogens with one attached hydrogen (secondary N) is 1. The molecule has 1 fully saturated rings. The first-order valence-corrected chi connectivity index (χ1v) is 9.59. The second-order valence-electron chi connectivity index (χ2n) is 6.98. The van der Waals surface area contributed by atoms with Crippen LogP contribution in [0.1, 0.15) is 35.3 Å². The second kappa shape index (κ2) is 9.23. The number of nitrogens with zero attached hydrogens (tertiary/aromatic N) is 2. The van der Waals surface area contributed by atoms with E-state index in [1.165, 1.54) is 4.90 Å². The zero-order chi connectivity index (χ0) is 20.8. The van der Waals surface area contributed by atoms with Crippen LogP contribution in [-0.2, 0) is 9.53 Å². The van der Waals surface area contributed by atoms with Gasteiger partial charge in [0.1, 0.15) is 6.61 Å². The SMILES string of the molecule is CC(c1cccc(NC(=O)c2ccccc2)c1)N(C)C(=O)CCN1CCOC1=O. The highest BCUT2D eigenvalue weighted by molar-refractivity contribution is 6.04. The minimum Gasteiger partial charge on any atom is -0.448 e. The van der Waals surface area contributed by atoms with Gasteiger partial charge in [0.15, 0.2) is 0 Å². The fourth-order valence-electron chi connectivity index (χ4n) is 3.14. The summed E-state index contributed by atoms with van der Waals surface area (Å²) in [5, 5.41) is 2.89. The van der Waals surface area contributed by atoms with Gasteiger partial charge >= 0.3 is 6.09 Å². The molecule has 0 saturated carbocycles. The summed E-state index contributed by atoms with van der Waals surface area (Å²) in [6, 6.07) is 16.3. The average Bonchev–Trinajstić information content (AvgIpc) is 3.16. The molecule has 7 nitrogen and oxygen atoms in total. The molecule has 1 aliphatic heterocycles. The Morgan fingerprint density at radius 2 is 1.93 bits per heavy atom. The number of hydrogen-bond acceptors (Lipinski definition) is 4. The lowest BCUT2D eigenvalue weighted by Gasteiger charge is -2.26. The highest BCUT2D eigenvalue weighted by atomic mass is 16.6. The van der Waals surface area contributed by atoms with E-state index in [1.54, 1.807) is 24.1 Å². The zero-order valence-corrected chi connectivity index (χ0v) is 16.6. The topological polar surface area (TPSA) is 79.0 Å². The molecule has 3 rings (SSSR count). The number of cyclic esters (lactones) is 1. The molecule has 0 spiro atoms. The normalized spacial score (nSPS) is 14.3. The van der Waals surface area contributed by atoms with E-state index in [4.69, 9.17) is 4.74 Å². The molecular formula is C22H25N3O4. The van der Waals surface area contributed by atoms with Crippen LogP contribution in [-0.4, -0.2) is 54.5 Å². The molecule has 29 heavy (non-hydrogen) atoms. The first-order chi connectivity index (χ1) is 14.0. The number of carbonyl (C=O) groups excluding carboxylic acids is 3. The molecule has 7 heteroatoms. The van der Waals surface area contributed by atoms with Crippen molar-refractivity contribution >= 4 is 23.6 Å². The fraction of sp³-hybridized carbons (Fsp3) is 0.318. The van der Waals surface area contributed by atoms with Gasteiger partial charge in [-0.1, -0.05) is 30.3 Å². The molecule has 1 saturated heterocycles. The molecule has 1 N–H and O–H groups in total. The van der Waals surface area contributed by atoms with Crippen LogP contribution in [0, 0.1) is 0 Å². The number of amides is 3. The van der Waals surface area contributed by atoms with Crippen molar-refractivity contribution in [3.63, 3.8) is 0 Å². The number of benzene rings is 2. The molecule has 1 aliphatic rings. The maximum Gasteiger partial charge on any atom is 0.409 e. The Labute approximate surface area is 170 Å². The summed E-state index contributed by atoms with van der Waals surface area (Å²) >= 11 is 0. The Bertz CT molecular complexity index is 885. The van der Waals surface area contributed by atoms with Crippen LogP contribution in [0.4, 0.5) is 10.5 Å². The highest BCUT2D eigenvalue weighted by Crippen LogP contribution is 2.23. The Morgan fingerprint density at radius 1 is 1.17 bits per heavy atom. The average molecular weight is 395 g/mol. The number of anilines is 1. The van der Waals surface area contributed by atoms with Crippen molar-refractivity contribution in [1.29, 1.82) is 0 Å². The summed E-state index contributed by atoms with van der Waals surface area (Å²) in [5.41, 5.74) is 2.16. The Kier molecular flexibility index (Phi) is 6.49. The standard InChI is InChI=1S/C22H25N3O4/c1-16(24(2)20(26)11-12-25-13-14-29-22(25)28)18-9-6-10-19(15-18)23-21(27)17-7-4-3-5-8-17/h3-10,15-16H,11-14H2,1-2H3,(H,23,27). The van der Waals surface area contributed by atoms with Crippen molar-refractivity contribution in [2.24, 2.45) is 0 Å². The van der Waals surface area contributed by atoms with E-state index >= 15 is 0 Å². The summed E-state index contributed by atoms with van der Waals surface area (Å²) in [6.45, 7) is 3.18. The van der Waals surface area contributed by atoms with Crippen LogP contribution < -0.4 is 5.32 Å². The molecule has 3 amide bonds. The fourth-order valence-corrected chi connectivity index (χ4v) is 3.14. The van der Waals surface area contributed by atoms with E-state index in [-0.39, 0.29) is 30.4 Å². The van der Waals surface area contributed by atoms with E-state index in [9.17, 15) is 14.4 Å². The zero-order valence-electron chi connectivity index (χ0n) is 16.6. The van der Waals surface area contributed by atoms with E-state index in [2.05, 4.69) is 5.32 Å². The molecule has 0 bridgehead atoms. The monoisotopic (exact) mass is 395 g/mol. The van der Waals surface area contributed by atoms with Crippen LogP contribution in [0.2, 0.25) is 0 Å². The summed E-state index contributed by atoms with van der Waals surface area (Å²) in [7, 11) is 1.74. The maximum absolute atomic E-state index is 12.5. The predicted molar refractivity (Wildman–Crippen MR) is 110 cm³/mol. The molecule has 1 atom stereocenters. The van der Waals surface area contributed by atoms with Gasteiger partial charge in [0, 0.05) is 31.3 Å². The van der Waals surface area contributed by atoms with E-state index < -0.39 is 0 Å². The largest absolute Gasteiger partial charge is 0.448 e. The van der Waals surface area contributed by atoms with Gasteiger partial charge in [-0.05, 0) is 36.8 Å². The summed E-state index contributed by atoms with van der Waals surface area (Å²) < 4.78 is 4.88. The van der Waals surface area contributed by atoms with Crippen LogP contribution in [0.5, 0.6) is 0 Å². The first kappa shape index (κ1) is 20.4. The molecule has 152 valence electrons. The van der Waals surface area contributed by atoms with Crippen LogP contribution in [0.25, 0.3) is 0 Å². The Balaban J connectivity index is 1.60. The third-order valence-corrected chi connectivity index (χ3v) is 5.08. The molecule has 1 unspecified atom stereocenters. The van der Waals surface area contributed by atoms with Crippen molar-refractivity contribution in [3.05, 3.63) is 65.7 Å². The first-order valence-electron chi connectivity index (χ1n) is 9.59. The summed E-state index contributed by atoms with van der Waals surface area (Å²) in [5.74, 6) is -0.242. The number of hydrogen-bond donors (Lipinski definition) is 1. The van der Waals surface area contributed by atoms with Gasteiger partial charge in [0.2, 0.25) is 5.91 Å². The number of ether oxygens (including phenoxy) is 1. The van der Waals surface area contributed by atoms with Crippen LogP contribution in [0.3, 0.4) is 0 Å². The molecule has 1 heterocycles. The lowest BCUT2D eigenvalue weighted by atomic mass is 10.1. The summed E-state index contributed by atoms with van der Waals surface area (Å²) in [4.78, 5) is 39.6. The number of carbonyl (C=O) groups is 3. The smallest absolute Gasteiger partial charge is 0.409 e. The lowest BCUT2D eigenvalue weighted by molar-refractivity contribution is -0.132. The van der Waals surface area contributed by atoms with E-state index in [0.29, 0.717) is 30.9 Å². The van der Waals surface area contributed by atoms with Crippen molar-refractivity contribution < 1.29 is 19.1 Å². The molecule has 2 aromatic carbocycles. The van der Waals surface area contributed by atoms with Crippen LogP contribution in [0.15, 0.2) is 54.6 Å². The Hall–Kier alpha value is -3.35. The molecule has 0 aromatic heterocycles. The van der Waals surface area contributed by atoms with Crippen molar-refractivity contribution in [2.45, 2.75) is 19.4 Å². The van der Waals surface area contributed by atoms with Gasteiger partial charge in [-0.25, -0.2) is 4.79 Å². The number of rotatable bonds is 7.